The van der Waals surface area contributed by atoms with E-state index in [0.29, 0.717) is 12.8 Å². The van der Waals surface area contributed by atoms with E-state index in [1.807, 2.05) is 19.1 Å². The number of aryl methyl sites for hydroxylation is 2. The molecule has 0 radical (unpaired) electrons. The van der Waals surface area contributed by atoms with E-state index in [1.54, 1.807) is 30.5 Å². The van der Waals surface area contributed by atoms with Crippen LogP contribution in [0.5, 0.6) is 0 Å². The molecule has 1 atom stereocenters. The summed E-state index contributed by atoms with van der Waals surface area (Å²) in [5, 5.41) is 11.8. The van der Waals surface area contributed by atoms with E-state index in [4.69, 9.17) is 9.52 Å². The predicted molar refractivity (Wildman–Crippen MR) is 86.4 cm³/mol. The molecule has 23 heavy (non-hydrogen) atoms. The van der Waals surface area contributed by atoms with Gasteiger partial charge in [0.1, 0.15) is 5.76 Å². The minimum Gasteiger partial charge on any atom is -0.478 e. The zero-order chi connectivity index (χ0) is 16.7. The third-order valence-corrected chi connectivity index (χ3v) is 3.65. The van der Waals surface area contributed by atoms with Crippen LogP contribution in [0.1, 0.15) is 41.4 Å². The number of carbonyl (C=O) groups is 2. The number of aromatic carboxylic acids is 1. The van der Waals surface area contributed by atoms with Gasteiger partial charge in [-0.05, 0) is 49.6 Å². The van der Waals surface area contributed by atoms with Crippen LogP contribution < -0.4 is 5.32 Å². The molecule has 0 fully saturated rings. The fraction of sp³-hybridized carbons (Fsp3) is 0.333. The highest BCUT2D eigenvalue weighted by Gasteiger charge is 2.09. The molecule has 0 saturated heterocycles. The Labute approximate surface area is 135 Å². The first kappa shape index (κ1) is 16.8. The average molecular weight is 315 g/mol. The number of carboxylic acids is 1. The third kappa shape index (κ3) is 5.62. The number of nitrogens with one attached hydrogen (secondary N) is 1. The summed E-state index contributed by atoms with van der Waals surface area (Å²) in [4.78, 5) is 22.7. The van der Waals surface area contributed by atoms with Crippen molar-refractivity contribution in [2.45, 2.75) is 38.6 Å². The van der Waals surface area contributed by atoms with E-state index < -0.39 is 5.97 Å². The van der Waals surface area contributed by atoms with Gasteiger partial charge in [-0.1, -0.05) is 12.1 Å². The molecule has 1 amide bonds. The second-order valence-corrected chi connectivity index (χ2v) is 5.59. The van der Waals surface area contributed by atoms with Gasteiger partial charge < -0.3 is 14.8 Å². The van der Waals surface area contributed by atoms with E-state index in [-0.39, 0.29) is 17.5 Å². The summed E-state index contributed by atoms with van der Waals surface area (Å²) >= 11 is 0. The van der Waals surface area contributed by atoms with Crippen LogP contribution in [-0.2, 0) is 17.6 Å². The molecular weight excluding hydrogens is 294 g/mol. The zero-order valence-electron chi connectivity index (χ0n) is 13.1. The second-order valence-electron chi connectivity index (χ2n) is 5.59. The molecule has 5 heteroatoms. The Morgan fingerprint density at radius 2 is 1.91 bits per heavy atom. The van der Waals surface area contributed by atoms with Gasteiger partial charge in [-0.2, -0.15) is 0 Å². The molecular formula is C18H21NO4. The van der Waals surface area contributed by atoms with Gasteiger partial charge in [0.25, 0.3) is 0 Å². The summed E-state index contributed by atoms with van der Waals surface area (Å²) in [6.07, 6.45) is 4.25. The van der Waals surface area contributed by atoms with E-state index in [9.17, 15) is 9.59 Å². The monoisotopic (exact) mass is 315 g/mol. The van der Waals surface area contributed by atoms with Crippen LogP contribution in [0.15, 0.2) is 47.1 Å². The van der Waals surface area contributed by atoms with Crippen LogP contribution in [0.3, 0.4) is 0 Å². The SMILES string of the molecule is CC(CCc1ccco1)NC(=O)CCc1ccc(C(=O)O)cc1. The molecule has 1 aromatic heterocycles. The van der Waals surface area contributed by atoms with Gasteiger partial charge in [0.05, 0.1) is 11.8 Å². The average Bonchev–Trinajstić information content (AvgIpc) is 3.05. The lowest BCUT2D eigenvalue weighted by Gasteiger charge is -2.13. The van der Waals surface area contributed by atoms with Crippen molar-refractivity contribution in [1.29, 1.82) is 0 Å². The Morgan fingerprint density at radius 3 is 2.52 bits per heavy atom. The van der Waals surface area contributed by atoms with Crippen LogP contribution in [0.4, 0.5) is 0 Å². The second kappa shape index (κ2) is 8.17. The number of furan rings is 1. The van der Waals surface area contributed by atoms with Crippen LogP contribution in [0, 0.1) is 0 Å². The maximum Gasteiger partial charge on any atom is 0.335 e. The molecule has 2 N–H and O–H groups in total. The van der Waals surface area contributed by atoms with Crippen LogP contribution >= 0.6 is 0 Å². The van der Waals surface area contributed by atoms with Crippen LogP contribution in [0.2, 0.25) is 0 Å². The van der Waals surface area contributed by atoms with Crippen molar-refractivity contribution in [1.82, 2.24) is 5.32 Å². The van der Waals surface area contributed by atoms with E-state index in [0.717, 1.165) is 24.2 Å². The lowest BCUT2D eigenvalue weighted by molar-refractivity contribution is -0.121. The van der Waals surface area contributed by atoms with Gasteiger partial charge in [0.15, 0.2) is 0 Å². The molecule has 1 unspecified atom stereocenters. The molecule has 1 aromatic carbocycles. The normalized spacial score (nSPS) is 11.9. The quantitative estimate of drug-likeness (QED) is 0.784. The highest BCUT2D eigenvalue weighted by molar-refractivity contribution is 5.87. The van der Waals surface area contributed by atoms with Gasteiger partial charge >= 0.3 is 5.97 Å². The van der Waals surface area contributed by atoms with Crippen molar-refractivity contribution in [3.05, 3.63) is 59.5 Å². The molecule has 5 nitrogen and oxygen atoms in total. The standard InChI is InChI=1S/C18H21NO4/c1-13(4-10-16-3-2-12-23-16)19-17(20)11-7-14-5-8-15(9-6-14)18(21)22/h2-3,5-6,8-9,12-13H,4,7,10-11H2,1H3,(H,19,20)(H,21,22). The van der Waals surface area contributed by atoms with Crippen LogP contribution in [-0.4, -0.2) is 23.0 Å². The Kier molecular flexibility index (Phi) is 5.97. The maximum atomic E-state index is 11.9. The Balaban J connectivity index is 1.70. The molecule has 0 aliphatic carbocycles. The minimum atomic E-state index is -0.945. The fourth-order valence-electron chi connectivity index (χ4n) is 2.30. The van der Waals surface area contributed by atoms with E-state index >= 15 is 0 Å². The number of amides is 1. The summed E-state index contributed by atoms with van der Waals surface area (Å²) < 4.78 is 5.27. The van der Waals surface area contributed by atoms with Crippen molar-refractivity contribution in [2.24, 2.45) is 0 Å². The van der Waals surface area contributed by atoms with Crippen molar-refractivity contribution < 1.29 is 19.1 Å². The maximum absolute atomic E-state index is 11.9. The number of rotatable bonds is 8. The summed E-state index contributed by atoms with van der Waals surface area (Å²) in [6, 6.07) is 10.5. The number of hydrogen-bond acceptors (Lipinski definition) is 3. The van der Waals surface area contributed by atoms with Gasteiger partial charge in [-0.25, -0.2) is 4.79 Å². The van der Waals surface area contributed by atoms with Gasteiger partial charge in [-0.15, -0.1) is 0 Å². The first-order valence-corrected chi connectivity index (χ1v) is 7.68. The van der Waals surface area contributed by atoms with Crippen molar-refractivity contribution in [2.75, 3.05) is 0 Å². The molecule has 0 aliphatic rings. The van der Waals surface area contributed by atoms with Gasteiger partial charge in [0.2, 0.25) is 5.91 Å². The van der Waals surface area contributed by atoms with Crippen LogP contribution in [0.25, 0.3) is 0 Å². The third-order valence-electron chi connectivity index (χ3n) is 3.65. The number of carbonyl (C=O) groups excluding carboxylic acids is 1. The highest BCUT2D eigenvalue weighted by Crippen LogP contribution is 2.08. The fourth-order valence-corrected chi connectivity index (χ4v) is 2.30. The molecule has 122 valence electrons. The van der Waals surface area contributed by atoms with Gasteiger partial charge in [0, 0.05) is 18.9 Å². The predicted octanol–water partition coefficient (Wildman–Crippen LogP) is 3.05. The molecule has 2 rings (SSSR count). The lowest BCUT2D eigenvalue weighted by Crippen LogP contribution is -2.33. The highest BCUT2D eigenvalue weighted by atomic mass is 16.4. The molecule has 0 aliphatic heterocycles. The number of benzene rings is 1. The summed E-state index contributed by atoms with van der Waals surface area (Å²) in [5.41, 5.74) is 1.21. The first-order valence-electron chi connectivity index (χ1n) is 7.68. The molecule has 2 aromatic rings. The number of carboxylic acid groups (broad SMARTS) is 1. The topological polar surface area (TPSA) is 79.5 Å². The molecule has 0 spiro atoms. The lowest BCUT2D eigenvalue weighted by atomic mass is 10.1. The molecule has 0 saturated carbocycles. The summed E-state index contributed by atoms with van der Waals surface area (Å²) in [6.45, 7) is 1.97. The van der Waals surface area contributed by atoms with Crippen molar-refractivity contribution in [3.63, 3.8) is 0 Å². The van der Waals surface area contributed by atoms with Gasteiger partial charge in [-0.3, -0.25) is 4.79 Å². The Morgan fingerprint density at radius 1 is 1.17 bits per heavy atom. The van der Waals surface area contributed by atoms with E-state index in [1.165, 1.54) is 0 Å². The van der Waals surface area contributed by atoms with Crippen molar-refractivity contribution in [3.8, 4) is 0 Å². The Bertz CT molecular complexity index is 632. The summed E-state index contributed by atoms with van der Waals surface area (Å²) in [5.74, 6) is -0.0245. The molecule has 1 heterocycles. The van der Waals surface area contributed by atoms with E-state index in [2.05, 4.69) is 5.32 Å². The first-order chi connectivity index (χ1) is 11.0. The number of hydrogen-bond donors (Lipinski definition) is 2. The largest absolute Gasteiger partial charge is 0.478 e. The minimum absolute atomic E-state index is 0.000689. The summed E-state index contributed by atoms with van der Waals surface area (Å²) in [7, 11) is 0. The Hall–Kier alpha value is -2.56. The smallest absolute Gasteiger partial charge is 0.335 e. The molecule has 0 bridgehead atoms. The zero-order valence-corrected chi connectivity index (χ0v) is 13.1. The van der Waals surface area contributed by atoms with Crippen molar-refractivity contribution >= 4 is 11.9 Å².